The number of hydrogen-bond donors (Lipinski definition) is 1. The lowest BCUT2D eigenvalue weighted by molar-refractivity contribution is 0.385. The van der Waals surface area contributed by atoms with Crippen molar-refractivity contribution in [3.8, 4) is 0 Å². The first-order valence-electron chi connectivity index (χ1n) is 6.35. The maximum absolute atomic E-state index is 12.1. The van der Waals surface area contributed by atoms with Gasteiger partial charge in [-0.2, -0.15) is 0 Å². The molecule has 0 aromatic carbocycles. The van der Waals surface area contributed by atoms with Gasteiger partial charge in [-0.05, 0) is 31.1 Å². The fraction of sp³-hybridized carbons (Fsp3) is 1.00. The van der Waals surface area contributed by atoms with E-state index in [9.17, 15) is 8.42 Å². The Kier molecular flexibility index (Phi) is 4.60. The largest absolute Gasteiger partial charge is 0.328 e. The Labute approximate surface area is 106 Å². The normalized spacial score (nSPS) is 25.1. The number of rotatable bonds is 4. The van der Waals surface area contributed by atoms with E-state index in [0.29, 0.717) is 25.4 Å². The van der Waals surface area contributed by atoms with Gasteiger partial charge in [-0.25, -0.2) is 12.7 Å². The third-order valence-corrected chi connectivity index (χ3v) is 5.27. The van der Waals surface area contributed by atoms with Gasteiger partial charge in [0.05, 0.1) is 5.75 Å². The molecule has 4 nitrogen and oxygen atoms in total. The van der Waals surface area contributed by atoms with E-state index in [4.69, 9.17) is 5.73 Å². The quantitative estimate of drug-likeness (QED) is 0.833. The van der Waals surface area contributed by atoms with Crippen molar-refractivity contribution in [1.82, 2.24) is 4.31 Å². The summed E-state index contributed by atoms with van der Waals surface area (Å²) in [6.07, 6.45) is 1.60. The first-order chi connectivity index (χ1) is 7.62. The van der Waals surface area contributed by atoms with Crippen molar-refractivity contribution in [2.75, 3.05) is 18.8 Å². The minimum absolute atomic E-state index is 0.0629. The molecule has 2 N–H and O–H groups in total. The van der Waals surface area contributed by atoms with E-state index in [0.717, 1.165) is 6.42 Å². The highest BCUT2D eigenvalue weighted by Gasteiger charge is 2.33. The molecule has 0 bridgehead atoms. The number of sulfonamides is 1. The van der Waals surface area contributed by atoms with Crippen molar-refractivity contribution >= 4 is 10.0 Å². The second-order valence-corrected chi connectivity index (χ2v) is 8.48. The van der Waals surface area contributed by atoms with Crippen molar-refractivity contribution in [2.24, 2.45) is 17.1 Å². The molecular weight excluding hydrogens is 236 g/mol. The first kappa shape index (κ1) is 14.9. The Morgan fingerprint density at radius 2 is 2.00 bits per heavy atom. The zero-order valence-corrected chi connectivity index (χ0v) is 12.3. The Morgan fingerprint density at radius 3 is 2.41 bits per heavy atom. The van der Waals surface area contributed by atoms with Crippen molar-refractivity contribution in [1.29, 1.82) is 0 Å². The SMILES string of the molecule is CC(N)C1CCN(S(=O)(=O)CCC(C)(C)C)C1. The van der Waals surface area contributed by atoms with Gasteiger partial charge in [-0.1, -0.05) is 20.8 Å². The third-order valence-electron chi connectivity index (χ3n) is 3.43. The lowest BCUT2D eigenvalue weighted by atomic mass is 9.94. The number of hydrogen-bond acceptors (Lipinski definition) is 3. The smallest absolute Gasteiger partial charge is 0.214 e. The molecule has 0 amide bonds. The van der Waals surface area contributed by atoms with E-state index >= 15 is 0 Å². The molecule has 17 heavy (non-hydrogen) atoms. The van der Waals surface area contributed by atoms with E-state index in [1.54, 1.807) is 4.31 Å². The molecule has 1 aliphatic heterocycles. The van der Waals surface area contributed by atoms with Crippen LogP contribution in [0.2, 0.25) is 0 Å². The lowest BCUT2D eigenvalue weighted by Crippen LogP contribution is -2.35. The van der Waals surface area contributed by atoms with E-state index in [-0.39, 0.29) is 17.2 Å². The maximum atomic E-state index is 12.1. The number of nitrogens with zero attached hydrogens (tertiary/aromatic N) is 1. The second-order valence-electron chi connectivity index (χ2n) is 6.39. The van der Waals surface area contributed by atoms with Gasteiger partial charge in [0.2, 0.25) is 10.0 Å². The lowest BCUT2D eigenvalue weighted by Gasteiger charge is -2.22. The van der Waals surface area contributed by atoms with Crippen LogP contribution in [0, 0.1) is 11.3 Å². The molecule has 1 fully saturated rings. The summed E-state index contributed by atoms with van der Waals surface area (Å²) in [5, 5.41) is 0. The van der Waals surface area contributed by atoms with Crippen LogP contribution < -0.4 is 5.73 Å². The molecule has 0 spiro atoms. The van der Waals surface area contributed by atoms with Crippen LogP contribution >= 0.6 is 0 Å². The highest BCUT2D eigenvalue weighted by Crippen LogP contribution is 2.25. The highest BCUT2D eigenvalue weighted by atomic mass is 32.2. The molecule has 2 atom stereocenters. The van der Waals surface area contributed by atoms with Crippen LogP contribution in [0.25, 0.3) is 0 Å². The topological polar surface area (TPSA) is 63.4 Å². The van der Waals surface area contributed by atoms with Crippen LogP contribution in [0.5, 0.6) is 0 Å². The second kappa shape index (κ2) is 5.24. The summed E-state index contributed by atoms with van der Waals surface area (Å²) in [6, 6.07) is 0.0813. The monoisotopic (exact) mass is 262 g/mol. The van der Waals surface area contributed by atoms with Crippen LogP contribution in [0.3, 0.4) is 0 Å². The Hall–Kier alpha value is -0.130. The summed E-state index contributed by atoms with van der Waals surface area (Å²) in [5.74, 6) is 0.571. The fourth-order valence-electron chi connectivity index (χ4n) is 2.00. The van der Waals surface area contributed by atoms with Crippen molar-refractivity contribution in [3.63, 3.8) is 0 Å². The average molecular weight is 262 g/mol. The Bertz CT molecular complexity index is 344. The van der Waals surface area contributed by atoms with E-state index in [1.165, 1.54) is 0 Å². The molecule has 102 valence electrons. The molecule has 2 unspecified atom stereocenters. The van der Waals surface area contributed by atoms with Crippen LogP contribution in [-0.2, 0) is 10.0 Å². The van der Waals surface area contributed by atoms with Gasteiger partial charge in [0, 0.05) is 19.1 Å². The van der Waals surface area contributed by atoms with Gasteiger partial charge in [0.1, 0.15) is 0 Å². The molecule has 1 aliphatic rings. The van der Waals surface area contributed by atoms with Crippen molar-refractivity contribution < 1.29 is 8.42 Å². The van der Waals surface area contributed by atoms with Gasteiger partial charge in [-0.3, -0.25) is 0 Å². The Balaban J connectivity index is 2.55. The Morgan fingerprint density at radius 1 is 1.41 bits per heavy atom. The first-order valence-corrected chi connectivity index (χ1v) is 7.96. The average Bonchev–Trinajstić information content (AvgIpc) is 2.63. The molecular formula is C12H26N2O2S. The zero-order valence-electron chi connectivity index (χ0n) is 11.4. The molecule has 0 aliphatic carbocycles. The van der Waals surface area contributed by atoms with E-state index in [2.05, 4.69) is 20.8 Å². The standard InChI is InChI=1S/C12H26N2O2S/c1-10(13)11-5-7-14(9-11)17(15,16)8-6-12(2,3)4/h10-11H,5-9,13H2,1-4H3. The van der Waals surface area contributed by atoms with Gasteiger partial charge >= 0.3 is 0 Å². The molecule has 0 saturated carbocycles. The molecule has 1 heterocycles. The molecule has 0 radical (unpaired) electrons. The zero-order chi connectivity index (χ0) is 13.3. The third kappa shape index (κ3) is 4.56. The number of nitrogens with two attached hydrogens (primary N) is 1. The fourth-order valence-corrected chi connectivity index (χ4v) is 3.93. The summed E-state index contributed by atoms with van der Waals surface area (Å²) < 4.78 is 25.9. The summed E-state index contributed by atoms with van der Waals surface area (Å²) in [7, 11) is -3.08. The van der Waals surface area contributed by atoms with Crippen molar-refractivity contribution in [3.05, 3.63) is 0 Å². The summed E-state index contributed by atoms with van der Waals surface area (Å²) >= 11 is 0. The van der Waals surface area contributed by atoms with E-state index in [1.807, 2.05) is 6.92 Å². The van der Waals surface area contributed by atoms with E-state index < -0.39 is 10.0 Å². The minimum atomic E-state index is -3.08. The molecule has 5 heteroatoms. The maximum Gasteiger partial charge on any atom is 0.214 e. The van der Waals surface area contributed by atoms with Gasteiger partial charge in [-0.15, -0.1) is 0 Å². The molecule has 0 aromatic heterocycles. The molecule has 0 aromatic rings. The summed E-state index contributed by atoms with van der Waals surface area (Å²) in [4.78, 5) is 0. The van der Waals surface area contributed by atoms with Crippen LogP contribution in [0.1, 0.15) is 40.5 Å². The van der Waals surface area contributed by atoms with Crippen LogP contribution in [0.4, 0.5) is 0 Å². The highest BCUT2D eigenvalue weighted by molar-refractivity contribution is 7.89. The van der Waals surface area contributed by atoms with Gasteiger partial charge < -0.3 is 5.73 Å². The summed E-state index contributed by atoms with van der Waals surface area (Å²) in [6.45, 7) is 9.39. The van der Waals surface area contributed by atoms with Crippen LogP contribution in [0.15, 0.2) is 0 Å². The predicted molar refractivity (Wildman–Crippen MR) is 71.2 cm³/mol. The molecule has 1 saturated heterocycles. The molecule has 1 rings (SSSR count). The van der Waals surface area contributed by atoms with Crippen molar-refractivity contribution in [2.45, 2.75) is 46.6 Å². The van der Waals surface area contributed by atoms with Gasteiger partial charge in [0.25, 0.3) is 0 Å². The van der Waals surface area contributed by atoms with Gasteiger partial charge in [0.15, 0.2) is 0 Å². The minimum Gasteiger partial charge on any atom is -0.328 e. The summed E-state index contributed by atoms with van der Waals surface area (Å²) in [5.41, 5.74) is 5.89. The van der Waals surface area contributed by atoms with Crippen LogP contribution in [-0.4, -0.2) is 37.6 Å². The predicted octanol–water partition coefficient (Wildman–Crippen LogP) is 1.42.